The van der Waals surface area contributed by atoms with Crippen LogP contribution in [0.5, 0.6) is 17.2 Å². The number of anilines is 1. The molecule has 0 spiro atoms. The van der Waals surface area contributed by atoms with Gasteiger partial charge in [0.2, 0.25) is 5.75 Å². The molecule has 10 nitrogen and oxygen atoms in total. The maximum atomic E-state index is 13.1. The Bertz CT molecular complexity index is 1180. The molecule has 4 rings (SSSR count). The van der Waals surface area contributed by atoms with Gasteiger partial charge in [0.15, 0.2) is 11.5 Å². The van der Waals surface area contributed by atoms with E-state index in [0.29, 0.717) is 61.1 Å². The molecule has 2 aliphatic rings. The van der Waals surface area contributed by atoms with Crippen molar-refractivity contribution in [3.05, 3.63) is 47.5 Å². The number of carbonyl (C=O) groups excluding carboxylic acids is 2. The molecular weight excluding hydrogens is 548 g/mol. The molecule has 0 saturated carbocycles. The number of hydrogen-bond acceptors (Lipinski definition) is 7. The van der Waals surface area contributed by atoms with Crippen LogP contribution in [0.4, 0.5) is 10.5 Å². The minimum Gasteiger partial charge on any atom is -0.493 e. The Morgan fingerprint density at radius 3 is 2.23 bits per heavy atom. The van der Waals surface area contributed by atoms with Crippen LogP contribution >= 0.6 is 0 Å². The minimum atomic E-state index is -0.254. The highest BCUT2D eigenvalue weighted by Crippen LogP contribution is 2.38. The van der Waals surface area contributed by atoms with Crippen LogP contribution in [0.1, 0.15) is 49.0 Å². The van der Waals surface area contributed by atoms with E-state index in [1.54, 1.807) is 12.1 Å². The van der Waals surface area contributed by atoms with E-state index in [1.807, 2.05) is 28.0 Å². The number of carbonyl (C=O) groups is 2. The lowest BCUT2D eigenvalue weighted by Gasteiger charge is -2.39. The van der Waals surface area contributed by atoms with Crippen molar-refractivity contribution in [1.29, 1.82) is 0 Å². The van der Waals surface area contributed by atoms with Gasteiger partial charge in [0.05, 0.1) is 34.5 Å². The van der Waals surface area contributed by atoms with Gasteiger partial charge in [-0.1, -0.05) is 19.1 Å². The largest absolute Gasteiger partial charge is 0.493 e. The molecule has 2 heterocycles. The van der Waals surface area contributed by atoms with Crippen LogP contribution in [-0.4, -0.2) is 106 Å². The molecule has 2 aromatic rings. The van der Waals surface area contributed by atoms with Crippen LogP contribution in [0.25, 0.3) is 0 Å². The molecule has 2 aromatic carbocycles. The molecule has 1 N–H and O–H groups in total. The molecule has 0 aliphatic carbocycles. The summed E-state index contributed by atoms with van der Waals surface area (Å²) in [7, 11) is 4.59. The molecule has 43 heavy (non-hydrogen) atoms. The Balaban J connectivity index is 1.33. The third-order valence-corrected chi connectivity index (χ3v) is 8.44. The summed E-state index contributed by atoms with van der Waals surface area (Å²) in [5.74, 6) is 1.63. The van der Waals surface area contributed by atoms with E-state index in [0.717, 1.165) is 57.5 Å². The van der Waals surface area contributed by atoms with Crippen molar-refractivity contribution in [3.8, 4) is 17.2 Å². The lowest BCUT2D eigenvalue weighted by molar-refractivity contribution is 0.0386. The zero-order valence-corrected chi connectivity index (χ0v) is 26.4. The first-order valence-electron chi connectivity index (χ1n) is 15.4. The molecule has 1 atom stereocenters. The van der Waals surface area contributed by atoms with Gasteiger partial charge in [0, 0.05) is 50.0 Å². The van der Waals surface area contributed by atoms with Crippen LogP contribution in [0, 0.1) is 5.92 Å². The van der Waals surface area contributed by atoms with Crippen molar-refractivity contribution in [2.45, 2.75) is 45.6 Å². The highest BCUT2D eigenvalue weighted by atomic mass is 16.5. The van der Waals surface area contributed by atoms with E-state index in [9.17, 15) is 9.59 Å². The number of amides is 3. The van der Waals surface area contributed by atoms with Crippen molar-refractivity contribution in [2.24, 2.45) is 5.92 Å². The van der Waals surface area contributed by atoms with Gasteiger partial charge < -0.3 is 39.0 Å². The van der Waals surface area contributed by atoms with E-state index in [4.69, 9.17) is 18.9 Å². The second-order valence-electron chi connectivity index (χ2n) is 11.4. The van der Waals surface area contributed by atoms with Crippen LogP contribution in [0.3, 0.4) is 0 Å². The number of piperidine rings is 1. The number of ether oxygens (including phenoxy) is 4. The van der Waals surface area contributed by atoms with Gasteiger partial charge >= 0.3 is 6.03 Å². The smallest absolute Gasteiger partial charge is 0.320 e. The summed E-state index contributed by atoms with van der Waals surface area (Å²) >= 11 is 0. The summed E-state index contributed by atoms with van der Waals surface area (Å²) in [5.41, 5.74) is 2.32. The SMILES string of the molecule is CCCN(CC1CCN(C(=O)N2CCOCC2)CC1)C(C)Cc1cccc(NC(=O)c2cc(OC)c(OC)c(OC)c2)c1. The molecule has 2 saturated heterocycles. The van der Waals surface area contributed by atoms with E-state index in [2.05, 4.69) is 30.1 Å². The molecular formula is C33H48N4O6. The highest BCUT2D eigenvalue weighted by Gasteiger charge is 2.29. The fourth-order valence-electron chi connectivity index (χ4n) is 6.03. The molecule has 3 amide bonds. The number of methoxy groups -OCH3 is 3. The standard InChI is InChI=1S/C33H48N4O6/c1-6-12-37(23-25-10-13-35(14-11-25)33(39)36-15-17-43-18-16-36)24(2)19-26-8-7-9-28(20-26)34-32(38)27-21-29(40-3)31(42-5)30(22-27)41-4/h7-9,20-22,24-25H,6,10-19,23H2,1-5H3,(H,34,38). The molecule has 1 unspecified atom stereocenters. The van der Waals surface area contributed by atoms with Crippen molar-refractivity contribution in [3.63, 3.8) is 0 Å². The molecule has 2 fully saturated rings. The van der Waals surface area contributed by atoms with Gasteiger partial charge in [-0.05, 0) is 74.9 Å². The fraction of sp³-hybridized carbons (Fsp3) is 0.576. The molecule has 0 aromatic heterocycles. The van der Waals surface area contributed by atoms with Crippen molar-refractivity contribution in [1.82, 2.24) is 14.7 Å². The fourth-order valence-corrected chi connectivity index (χ4v) is 6.03. The number of urea groups is 1. The molecule has 0 radical (unpaired) electrons. The van der Waals surface area contributed by atoms with Crippen molar-refractivity contribution in [2.75, 3.05) is 79.1 Å². The zero-order chi connectivity index (χ0) is 30.8. The summed E-state index contributed by atoms with van der Waals surface area (Å²) in [6, 6.07) is 11.9. The average Bonchev–Trinajstić information content (AvgIpc) is 3.04. The number of nitrogens with one attached hydrogen (secondary N) is 1. The van der Waals surface area contributed by atoms with Crippen molar-refractivity contribution >= 4 is 17.6 Å². The van der Waals surface area contributed by atoms with E-state index < -0.39 is 0 Å². The lowest BCUT2D eigenvalue weighted by Crippen LogP contribution is -2.51. The van der Waals surface area contributed by atoms with Gasteiger partial charge in [-0.2, -0.15) is 0 Å². The lowest BCUT2D eigenvalue weighted by atomic mass is 9.95. The van der Waals surface area contributed by atoms with Crippen molar-refractivity contribution < 1.29 is 28.5 Å². The Morgan fingerprint density at radius 1 is 0.977 bits per heavy atom. The number of likely N-dealkylation sites (tertiary alicyclic amines) is 1. The number of hydrogen-bond donors (Lipinski definition) is 1. The first-order chi connectivity index (χ1) is 20.9. The van der Waals surface area contributed by atoms with Gasteiger partial charge in [-0.3, -0.25) is 4.79 Å². The number of rotatable bonds is 12. The quantitative estimate of drug-likeness (QED) is 0.377. The topological polar surface area (TPSA) is 92.8 Å². The maximum absolute atomic E-state index is 13.1. The minimum absolute atomic E-state index is 0.165. The molecule has 2 aliphatic heterocycles. The summed E-state index contributed by atoms with van der Waals surface area (Å²) in [6.45, 7) is 10.9. The zero-order valence-electron chi connectivity index (χ0n) is 26.4. The van der Waals surface area contributed by atoms with Crippen LogP contribution in [0.2, 0.25) is 0 Å². The van der Waals surface area contributed by atoms with Gasteiger partial charge in [0.25, 0.3) is 5.91 Å². The predicted octanol–water partition coefficient (Wildman–Crippen LogP) is 4.77. The van der Waals surface area contributed by atoms with E-state index in [-0.39, 0.29) is 11.9 Å². The van der Waals surface area contributed by atoms with E-state index >= 15 is 0 Å². The van der Waals surface area contributed by atoms with Crippen LogP contribution in [0.15, 0.2) is 36.4 Å². The predicted molar refractivity (Wildman–Crippen MR) is 168 cm³/mol. The summed E-state index contributed by atoms with van der Waals surface area (Å²) in [6.07, 6.45) is 4.03. The first kappa shape index (κ1) is 32.4. The van der Waals surface area contributed by atoms with Gasteiger partial charge in [-0.25, -0.2) is 4.79 Å². The number of benzene rings is 2. The normalized spacial score (nSPS) is 16.6. The second kappa shape index (κ2) is 15.8. The molecule has 236 valence electrons. The number of morpholine rings is 1. The Labute approximate surface area is 256 Å². The van der Waals surface area contributed by atoms with Gasteiger partial charge in [-0.15, -0.1) is 0 Å². The summed E-state index contributed by atoms with van der Waals surface area (Å²) < 4.78 is 21.6. The van der Waals surface area contributed by atoms with Crippen LogP contribution in [-0.2, 0) is 11.2 Å². The molecule has 0 bridgehead atoms. The number of nitrogens with zero attached hydrogens (tertiary/aromatic N) is 3. The Morgan fingerprint density at radius 2 is 1.63 bits per heavy atom. The summed E-state index contributed by atoms with van der Waals surface area (Å²) in [5, 5.41) is 3.02. The molecule has 10 heteroatoms. The van der Waals surface area contributed by atoms with Crippen LogP contribution < -0.4 is 19.5 Å². The van der Waals surface area contributed by atoms with E-state index in [1.165, 1.54) is 26.9 Å². The summed E-state index contributed by atoms with van der Waals surface area (Å²) in [4.78, 5) is 32.6. The third kappa shape index (κ3) is 8.54. The Kier molecular flexibility index (Phi) is 11.9. The van der Waals surface area contributed by atoms with Gasteiger partial charge in [0.1, 0.15) is 0 Å². The third-order valence-electron chi connectivity index (χ3n) is 8.44. The second-order valence-corrected chi connectivity index (χ2v) is 11.4. The average molecular weight is 597 g/mol. The monoisotopic (exact) mass is 596 g/mol. The highest BCUT2D eigenvalue weighted by molar-refractivity contribution is 6.05. The maximum Gasteiger partial charge on any atom is 0.320 e. The first-order valence-corrected chi connectivity index (χ1v) is 15.4. The Hall–Kier alpha value is -3.50.